The Morgan fingerprint density at radius 3 is 2.84 bits per heavy atom. The van der Waals surface area contributed by atoms with E-state index in [-0.39, 0.29) is 16.9 Å². The summed E-state index contributed by atoms with van der Waals surface area (Å²) in [6.45, 7) is 1.28. The smallest absolute Gasteiger partial charge is 0.337 e. The van der Waals surface area contributed by atoms with Gasteiger partial charge in [0.2, 0.25) is 5.71 Å². The van der Waals surface area contributed by atoms with Crippen LogP contribution in [0.25, 0.3) is 11.1 Å². The van der Waals surface area contributed by atoms with Crippen LogP contribution in [0.2, 0.25) is 0 Å². The first-order chi connectivity index (χ1) is 12.0. The maximum absolute atomic E-state index is 13.4. The normalized spacial score (nSPS) is 24.7. The molecule has 0 bridgehead atoms. The summed E-state index contributed by atoms with van der Waals surface area (Å²) in [5.41, 5.74) is -0.378. The summed E-state index contributed by atoms with van der Waals surface area (Å²) in [5, 5.41) is 0.280. The van der Waals surface area contributed by atoms with Crippen LogP contribution in [0.1, 0.15) is 63.0 Å². The Balaban J connectivity index is 1.57. The summed E-state index contributed by atoms with van der Waals surface area (Å²) < 4.78 is 18.5. The molecular weight excluding hydrogens is 323 g/mol. The van der Waals surface area contributed by atoms with E-state index in [0.717, 1.165) is 18.3 Å². The van der Waals surface area contributed by atoms with Crippen molar-refractivity contribution in [2.24, 2.45) is 17.8 Å². The zero-order valence-corrected chi connectivity index (χ0v) is 14.4. The number of hydrogen-bond donors (Lipinski definition) is 1. The van der Waals surface area contributed by atoms with Gasteiger partial charge in [0.1, 0.15) is 11.2 Å². The van der Waals surface area contributed by atoms with Crippen molar-refractivity contribution in [3.8, 4) is 0 Å². The van der Waals surface area contributed by atoms with Crippen molar-refractivity contribution in [1.29, 1.82) is 0 Å². The Bertz CT molecular complexity index is 896. The summed E-state index contributed by atoms with van der Waals surface area (Å²) in [6, 6.07) is 1.38. The average Bonchev–Trinajstić information content (AvgIpc) is 3.12. The first-order valence-electron chi connectivity index (χ1n) is 9.24. The lowest BCUT2D eigenvalue weighted by Gasteiger charge is -2.09. The van der Waals surface area contributed by atoms with Gasteiger partial charge >= 0.3 is 5.63 Å². The van der Waals surface area contributed by atoms with Crippen molar-refractivity contribution in [3.05, 3.63) is 38.2 Å². The fourth-order valence-corrected chi connectivity index (χ4v) is 4.46. The standard InChI is InChI=1S/C19H23FN2O3/c1-10(20)17-21-18(24)16-13(9-15(23)25-19(16)22-17)7-6-12-8-14(12)11-4-2-3-5-11/h9-12,14H,2-8H2,1H3,(H,21,22,24). The molecular formula is C19H23FN2O3. The number of halogens is 1. The van der Waals surface area contributed by atoms with Crippen LogP contribution >= 0.6 is 0 Å². The second kappa shape index (κ2) is 6.39. The average molecular weight is 346 g/mol. The fourth-order valence-electron chi connectivity index (χ4n) is 4.46. The molecule has 0 amide bonds. The van der Waals surface area contributed by atoms with Crippen molar-refractivity contribution in [2.75, 3.05) is 0 Å². The highest BCUT2D eigenvalue weighted by atomic mass is 19.1. The quantitative estimate of drug-likeness (QED) is 0.896. The van der Waals surface area contributed by atoms with E-state index in [0.29, 0.717) is 17.9 Å². The molecule has 0 aromatic carbocycles. The molecule has 2 aromatic heterocycles. The Morgan fingerprint density at radius 1 is 1.36 bits per heavy atom. The van der Waals surface area contributed by atoms with E-state index in [1.54, 1.807) is 0 Å². The molecule has 6 heteroatoms. The Morgan fingerprint density at radius 2 is 2.12 bits per heavy atom. The molecule has 2 heterocycles. The number of alkyl halides is 1. The molecule has 25 heavy (non-hydrogen) atoms. The van der Waals surface area contributed by atoms with Crippen LogP contribution < -0.4 is 11.2 Å². The molecule has 2 fully saturated rings. The van der Waals surface area contributed by atoms with Gasteiger partial charge in [0, 0.05) is 6.07 Å². The van der Waals surface area contributed by atoms with Gasteiger partial charge in [-0.3, -0.25) is 4.79 Å². The maximum Gasteiger partial charge on any atom is 0.337 e. The zero-order valence-electron chi connectivity index (χ0n) is 14.4. The van der Waals surface area contributed by atoms with Gasteiger partial charge in [-0.25, -0.2) is 9.18 Å². The third kappa shape index (κ3) is 3.26. The molecule has 2 aliphatic rings. The number of H-pyrrole nitrogens is 1. The van der Waals surface area contributed by atoms with Crippen LogP contribution in [-0.4, -0.2) is 9.97 Å². The predicted octanol–water partition coefficient (Wildman–Crippen LogP) is 3.67. The summed E-state index contributed by atoms with van der Waals surface area (Å²) in [6.07, 6.45) is 6.89. The number of aryl methyl sites for hydroxylation is 1. The molecule has 4 rings (SSSR count). The van der Waals surface area contributed by atoms with Gasteiger partial charge in [-0.15, -0.1) is 0 Å². The van der Waals surface area contributed by atoms with E-state index in [4.69, 9.17) is 4.42 Å². The molecule has 134 valence electrons. The molecule has 0 saturated heterocycles. The third-order valence-corrected chi connectivity index (χ3v) is 5.86. The number of aromatic nitrogens is 2. The molecule has 2 saturated carbocycles. The lowest BCUT2D eigenvalue weighted by Crippen LogP contribution is -2.16. The Labute approximate surface area is 144 Å². The number of hydrogen-bond acceptors (Lipinski definition) is 4. The summed E-state index contributed by atoms with van der Waals surface area (Å²) in [5.74, 6) is 2.29. The lowest BCUT2D eigenvalue weighted by atomic mass is 9.98. The summed E-state index contributed by atoms with van der Waals surface area (Å²) >= 11 is 0. The number of nitrogens with zero attached hydrogens (tertiary/aromatic N) is 1. The van der Waals surface area contributed by atoms with Crippen LogP contribution in [0.4, 0.5) is 4.39 Å². The van der Waals surface area contributed by atoms with Gasteiger partial charge in [0.05, 0.1) is 0 Å². The molecule has 2 aromatic rings. The molecule has 1 N–H and O–H groups in total. The van der Waals surface area contributed by atoms with Crippen molar-refractivity contribution in [3.63, 3.8) is 0 Å². The van der Waals surface area contributed by atoms with Crippen molar-refractivity contribution in [1.82, 2.24) is 9.97 Å². The van der Waals surface area contributed by atoms with Gasteiger partial charge in [-0.05, 0) is 49.5 Å². The summed E-state index contributed by atoms with van der Waals surface area (Å²) in [4.78, 5) is 30.6. The van der Waals surface area contributed by atoms with E-state index >= 15 is 0 Å². The van der Waals surface area contributed by atoms with Crippen molar-refractivity contribution in [2.45, 2.75) is 58.0 Å². The second-order valence-corrected chi connectivity index (χ2v) is 7.58. The fraction of sp³-hybridized carbons (Fsp3) is 0.632. The SMILES string of the molecule is CC(F)c1nc2oc(=O)cc(CCC3CC3C3CCCC3)c2c(=O)[nH]1. The van der Waals surface area contributed by atoms with Crippen molar-refractivity contribution >= 4 is 11.1 Å². The van der Waals surface area contributed by atoms with E-state index in [2.05, 4.69) is 9.97 Å². The van der Waals surface area contributed by atoms with Crippen LogP contribution in [0.3, 0.4) is 0 Å². The minimum absolute atomic E-state index is 0.0612. The van der Waals surface area contributed by atoms with Crippen molar-refractivity contribution < 1.29 is 8.81 Å². The van der Waals surface area contributed by atoms with Gasteiger partial charge in [0.25, 0.3) is 5.56 Å². The predicted molar refractivity (Wildman–Crippen MR) is 92.3 cm³/mol. The van der Waals surface area contributed by atoms with Crippen LogP contribution in [0.15, 0.2) is 20.1 Å². The van der Waals surface area contributed by atoms with Gasteiger partial charge < -0.3 is 9.40 Å². The van der Waals surface area contributed by atoms with E-state index < -0.39 is 17.4 Å². The highest BCUT2D eigenvalue weighted by Crippen LogP contribution is 2.52. The minimum Gasteiger partial charge on any atom is -0.403 e. The van der Waals surface area contributed by atoms with Gasteiger partial charge in [-0.2, -0.15) is 4.98 Å². The Hall–Kier alpha value is -1.98. The first-order valence-corrected chi connectivity index (χ1v) is 9.24. The number of fused-ring (bicyclic) bond motifs is 1. The first kappa shape index (κ1) is 16.5. The highest BCUT2D eigenvalue weighted by molar-refractivity contribution is 5.75. The molecule has 0 radical (unpaired) electrons. The lowest BCUT2D eigenvalue weighted by molar-refractivity contribution is 0.355. The van der Waals surface area contributed by atoms with E-state index in [1.165, 1.54) is 45.1 Å². The Kier molecular flexibility index (Phi) is 4.21. The molecule has 3 atom stereocenters. The monoisotopic (exact) mass is 346 g/mol. The zero-order chi connectivity index (χ0) is 17.6. The van der Waals surface area contributed by atoms with E-state index in [9.17, 15) is 14.0 Å². The molecule has 5 nitrogen and oxygen atoms in total. The molecule has 2 aliphatic carbocycles. The minimum atomic E-state index is -1.43. The van der Waals surface area contributed by atoms with Gasteiger partial charge in [-0.1, -0.05) is 25.7 Å². The van der Waals surface area contributed by atoms with E-state index in [1.807, 2.05) is 0 Å². The molecule has 0 spiro atoms. The summed E-state index contributed by atoms with van der Waals surface area (Å²) in [7, 11) is 0. The van der Waals surface area contributed by atoms with Crippen LogP contribution in [0.5, 0.6) is 0 Å². The van der Waals surface area contributed by atoms with Crippen LogP contribution in [-0.2, 0) is 6.42 Å². The van der Waals surface area contributed by atoms with Crippen LogP contribution in [0, 0.1) is 17.8 Å². The maximum atomic E-state index is 13.4. The highest BCUT2D eigenvalue weighted by Gasteiger charge is 2.42. The largest absolute Gasteiger partial charge is 0.403 e. The van der Waals surface area contributed by atoms with Gasteiger partial charge in [0.15, 0.2) is 6.17 Å². The second-order valence-electron chi connectivity index (χ2n) is 7.58. The number of rotatable bonds is 5. The number of aromatic amines is 1. The topological polar surface area (TPSA) is 76.0 Å². The number of nitrogens with one attached hydrogen (secondary N) is 1. The molecule has 0 aliphatic heterocycles. The molecule has 3 unspecified atom stereocenters. The third-order valence-electron chi connectivity index (χ3n) is 5.86.